The van der Waals surface area contributed by atoms with Crippen LogP contribution < -0.4 is 9.47 Å². The molecule has 1 aromatic carbocycles. The number of para-hydroxylation sites is 2. The van der Waals surface area contributed by atoms with Gasteiger partial charge in [0.15, 0.2) is 28.2 Å². The van der Waals surface area contributed by atoms with Crippen LogP contribution in [0.3, 0.4) is 0 Å². The number of nitrogens with zero attached hydrogens (tertiary/aromatic N) is 6. The lowest BCUT2D eigenvalue weighted by Crippen LogP contribution is -2.53. The Labute approximate surface area is 187 Å². The molecule has 2 aliphatic rings. The van der Waals surface area contributed by atoms with E-state index in [-0.39, 0.29) is 12.1 Å². The third-order valence-electron chi connectivity index (χ3n) is 5.88. The third kappa shape index (κ3) is 4.40. The molecular formula is C21H30N6O3S. The fourth-order valence-corrected chi connectivity index (χ4v) is 4.18. The van der Waals surface area contributed by atoms with Gasteiger partial charge in [0.1, 0.15) is 6.61 Å². The Morgan fingerprint density at radius 1 is 1.16 bits per heavy atom. The highest BCUT2D eigenvalue weighted by Crippen LogP contribution is 2.35. The number of carbonyl (C=O) groups is 1. The van der Waals surface area contributed by atoms with Crippen LogP contribution in [-0.4, -0.2) is 81.0 Å². The molecule has 31 heavy (non-hydrogen) atoms. The van der Waals surface area contributed by atoms with Crippen molar-refractivity contribution in [2.45, 2.75) is 26.6 Å². The molecule has 0 saturated carbocycles. The first-order chi connectivity index (χ1) is 15.0. The van der Waals surface area contributed by atoms with E-state index in [2.05, 4.69) is 4.90 Å². The topological polar surface area (TPSA) is 68.0 Å². The summed E-state index contributed by atoms with van der Waals surface area (Å²) < 4.78 is 16.3. The minimum atomic E-state index is -0.314. The van der Waals surface area contributed by atoms with Crippen molar-refractivity contribution in [3.63, 3.8) is 0 Å². The maximum absolute atomic E-state index is 12.6. The molecular weight excluding hydrogens is 416 g/mol. The van der Waals surface area contributed by atoms with Crippen molar-refractivity contribution in [2.24, 2.45) is 7.05 Å². The number of fused-ring (bicyclic) bond motifs is 1. The van der Waals surface area contributed by atoms with Crippen molar-refractivity contribution in [1.82, 2.24) is 29.0 Å². The van der Waals surface area contributed by atoms with Crippen molar-refractivity contribution in [1.29, 1.82) is 0 Å². The molecule has 1 atom stereocenters. The van der Waals surface area contributed by atoms with Crippen LogP contribution in [-0.2, 0) is 13.7 Å². The molecule has 0 radical (unpaired) electrons. The van der Waals surface area contributed by atoms with Crippen LogP contribution in [0.1, 0.15) is 25.8 Å². The van der Waals surface area contributed by atoms with Gasteiger partial charge in [-0.2, -0.15) is 5.10 Å². The Hall–Kier alpha value is -2.59. The molecule has 3 heterocycles. The summed E-state index contributed by atoms with van der Waals surface area (Å²) >= 11 is 5.63. The highest BCUT2D eigenvalue weighted by atomic mass is 32.1. The normalized spacial score (nSPS) is 18.8. The van der Waals surface area contributed by atoms with Gasteiger partial charge in [0.05, 0.1) is 6.67 Å². The summed E-state index contributed by atoms with van der Waals surface area (Å²) in [5, 5.41) is 4.75. The molecule has 1 saturated heterocycles. The highest BCUT2D eigenvalue weighted by Gasteiger charge is 2.28. The molecule has 4 rings (SSSR count). The Balaban J connectivity index is 1.40. The van der Waals surface area contributed by atoms with Crippen LogP contribution in [0.4, 0.5) is 4.79 Å². The van der Waals surface area contributed by atoms with Gasteiger partial charge in [0.2, 0.25) is 0 Å². The minimum Gasteiger partial charge on any atom is -0.485 e. The second-order valence-corrected chi connectivity index (χ2v) is 8.13. The Morgan fingerprint density at radius 3 is 2.52 bits per heavy atom. The number of aromatic nitrogens is 3. The fourth-order valence-electron chi connectivity index (χ4n) is 3.99. The molecule has 168 valence electrons. The zero-order valence-corrected chi connectivity index (χ0v) is 19.2. The van der Waals surface area contributed by atoms with E-state index in [1.807, 2.05) is 64.2 Å². The number of carbonyl (C=O) groups excluding carboxylic acids is 1. The summed E-state index contributed by atoms with van der Waals surface area (Å²) in [6.45, 7) is 9.46. The van der Waals surface area contributed by atoms with E-state index in [0.717, 1.165) is 37.8 Å². The van der Waals surface area contributed by atoms with Crippen molar-refractivity contribution >= 4 is 18.2 Å². The number of benzene rings is 1. The molecule has 0 aliphatic carbocycles. The monoisotopic (exact) mass is 446 g/mol. The van der Waals surface area contributed by atoms with Gasteiger partial charge in [-0.25, -0.2) is 9.48 Å². The van der Waals surface area contributed by atoms with Crippen molar-refractivity contribution in [2.75, 3.05) is 45.9 Å². The van der Waals surface area contributed by atoms with Crippen LogP contribution in [0.15, 0.2) is 24.3 Å². The molecule has 1 fully saturated rings. The van der Waals surface area contributed by atoms with E-state index in [9.17, 15) is 4.79 Å². The predicted molar refractivity (Wildman–Crippen MR) is 119 cm³/mol. The summed E-state index contributed by atoms with van der Waals surface area (Å²) in [6.07, 6.45) is -0.314. The molecule has 0 unspecified atom stereocenters. The molecule has 0 bridgehead atoms. The Morgan fingerprint density at radius 2 is 1.84 bits per heavy atom. The second kappa shape index (κ2) is 9.27. The van der Waals surface area contributed by atoms with Gasteiger partial charge in [-0.1, -0.05) is 12.1 Å². The number of rotatable bonds is 5. The van der Waals surface area contributed by atoms with Gasteiger partial charge in [0, 0.05) is 46.3 Å². The number of amides is 2. The van der Waals surface area contributed by atoms with E-state index < -0.39 is 0 Å². The number of urea groups is 1. The quantitative estimate of drug-likeness (QED) is 0.658. The first-order valence-electron chi connectivity index (χ1n) is 10.8. The number of ether oxygens (including phenoxy) is 2. The van der Waals surface area contributed by atoms with Crippen LogP contribution in [0, 0.1) is 4.77 Å². The summed E-state index contributed by atoms with van der Waals surface area (Å²) in [4.78, 5) is 18.6. The highest BCUT2D eigenvalue weighted by molar-refractivity contribution is 7.71. The van der Waals surface area contributed by atoms with Crippen molar-refractivity contribution < 1.29 is 14.3 Å². The summed E-state index contributed by atoms with van der Waals surface area (Å²) in [5.41, 5.74) is 0. The second-order valence-electron chi connectivity index (χ2n) is 7.76. The largest absolute Gasteiger partial charge is 0.485 e. The average Bonchev–Trinajstić information content (AvgIpc) is 3.08. The van der Waals surface area contributed by atoms with Gasteiger partial charge in [-0.05, 0) is 38.2 Å². The molecule has 2 amide bonds. The van der Waals surface area contributed by atoms with E-state index in [1.165, 1.54) is 0 Å². The number of hydrogen-bond acceptors (Lipinski definition) is 6. The molecule has 2 aliphatic heterocycles. The molecule has 1 aromatic heterocycles. The van der Waals surface area contributed by atoms with Gasteiger partial charge < -0.3 is 23.8 Å². The lowest BCUT2D eigenvalue weighted by molar-refractivity contribution is 0.0807. The third-order valence-corrected chi connectivity index (χ3v) is 6.37. The lowest BCUT2D eigenvalue weighted by atomic mass is 10.2. The standard InChI is InChI=1S/C21H30N6O3S/c1-4-25(5-2)20(28)26-12-10-24(11-13-26)15-27-21(31)23(3)19(22-27)18-14-29-16-8-6-7-9-17(16)30-18/h6-9,18H,4-5,10-15H2,1-3H3/t18-/m0/s1. The maximum atomic E-state index is 12.6. The molecule has 10 heteroatoms. The average molecular weight is 447 g/mol. The van der Waals surface area contributed by atoms with E-state index in [0.29, 0.717) is 36.9 Å². The van der Waals surface area contributed by atoms with Gasteiger partial charge in [0.25, 0.3) is 0 Å². The number of piperazine rings is 1. The summed E-state index contributed by atoms with van der Waals surface area (Å²) in [7, 11) is 1.91. The van der Waals surface area contributed by atoms with E-state index >= 15 is 0 Å². The first kappa shape index (κ1) is 21.6. The minimum absolute atomic E-state index is 0.121. The molecule has 0 N–H and O–H groups in total. The first-order valence-corrected chi connectivity index (χ1v) is 11.2. The van der Waals surface area contributed by atoms with E-state index in [1.54, 1.807) is 0 Å². The summed E-state index contributed by atoms with van der Waals surface area (Å²) in [6, 6.07) is 7.76. The smallest absolute Gasteiger partial charge is 0.320 e. The SMILES string of the molecule is CCN(CC)C(=O)N1CCN(Cn2nc([C@@H]3COc4ccccc4O3)n(C)c2=S)CC1. The van der Waals surface area contributed by atoms with Crippen LogP contribution in [0.5, 0.6) is 11.5 Å². The van der Waals surface area contributed by atoms with Crippen molar-refractivity contribution in [3.8, 4) is 11.5 Å². The molecule has 2 aromatic rings. The fraction of sp³-hybridized carbons (Fsp3) is 0.571. The zero-order valence-electron chi connectivity index (χ0n) is 18.4. The lowest BCUT2D eigenvalue weighted by Gasteiger charge is -2.36. The van der Waals surface area contributed by atoms with Gasteiger partial charge >= 0.3 is 6.03 Å². The van der Waals surface area contributed by atoms with Crippen LogP contribution in [0.2, 0.25) is 0 Å². The molecule has 9 nitrogen and oxygen atoms in total. The van der Waals surface area contributed by atoms with Crippen molar-refractivity contribution in [3.05, 3.63) is 34.9 Å². The zero-order chi connectivity index (χ0) is 22.0. The van der Waals surface area contributed by atoms with Crippen LogP contribution >= 0.6 is 12.2 Å². The molecule has 0 spiro atoms. The Kier molecular flexibility index (Phi) is 6.47. The Bertz CT molecular complexity index is 978. The van der Waals surface area contributed by atoms with Gasteiger partial charge in [-0.3, -0.25) is 4.90 Å². The predicted octanol–water partition coefficient (Wildman–Crippen LogP) is 2.50. The maximum Gasteiger partial charge on any atom is 0.320 e. The van der Waals surface area contributed by atoms with Crippen LogP contribution in [0.25, 0.3) is 0 Å². The van der Waals surface area contributed by atoms with E-state index in [4.69, 9.17) is 26.8 Å². The summed E-state index contributed by atoms with van der Waals surface area (Å²) in [5.74, 6) is 2.21. The number of hydrogen-bond donors (Lipinski definition) is 0. The van der Waals surface area contributed by atoms with Gasteiger partial charge in [-0.15, -0.1) is 0 Å².